The van der Waals surface area contributed by atoms with Crippen LogP contribution in [0.25, 0.3) is 0 Å². The summed E-state index contributed by atoms with van der Waals surface area (Å²) in [6, 6.07) is 1.17. The Bertz CT molecular complexity index is 591. The Kier molecular flexibility index (Phi) is 6.98. The van der Waals surface area contributed by atoms with Crippen molar-refractivity contribution < 1.29 is 22.6 Å². The van der Waals surface area contributed by atoms with Gasteiger partial charge in [0.05, 0.1) is 13.2 Å². The van der Waals surface area contributed by atoms with Crippen molar-refractivity contribution in [3.8, 4) is 0 Å². The van der Waals surface area contributed by atoms with Gasteiger partial charge in [-0.1, -0.05) is 32.6 Å². The van der Waals surface area contributed by atoms with E-state index in [9.17, 15) is 13.2 Å². The maximum absolute atomic E-state index is 14.5. The van der Waals surface area contributed by atoms with Gasteiger partial charge in [0.15, 0.2) is 23.7 Å². The number of aryl methyl sites for hydroxylation is 1. The third kappa shape index (κ3) is 4.61. The van der Waals surface area contributed by atoms with Crippen LogP contribution in [0.3, 0.4) is 0 Å². The lowest BCUT2D eigenvalue weighted by Crippen LogP contribution is -2.32. The van der Waals surface area contributed by atoms with Gasteiger partial charge in [-0.05, 0) is 48.8 Å². The zero-order valence-corrected chi connectivity index (χ0v) is 15.5. The van der Waals surface area contributed by atoms with Gasteiger partial charge in [-0.25, -0.2) is 13.2 Å². The van der Waals surface area contributed by atoms with Crippen LogP contribution in [0.1, 0.15) is 75.3 Å². The Balaban J connectivity index is 1.69. The Hall–Kier alpha value is -1.07. The zero-order valence-electron chi connectivity index (χ0n) is 15.5. The molecule has 1 aliphatic heterocycles. The SMILES string of the molecule is CCCC1COC(CCc2cc(F)c(F)c(F)c2C2CCCCC2)OC1. The van der Waals surface area contributed by atoms with Crippen LogP contribution in [0.5, 0.6) is 0 Å². The van der Waals surface area contributed by atoms with Crippen molar-refractivity contribution in [1.82, 2.24) is 0 Å². The van der Waals surface area contributed by atoms with Gasteiger partial charge in [0, 0.05) is 12.3 Å². The van der Waals surface area contributed by atoms with E-state index in [4.69, 9.17) is 9.47 Å². The molecule has 0 radical (unpaired) electrons. The molecule has 1 saturated heterocycles. The summed E-state index contributed by atoms with van der Waals surface area (Å²) < 4.78 is 53.7. The predicted molar refractivity (Wildman–Crippen MR) is 94.6 cm³/mol. The number of hydrogen-bond donors (Lipinski definition) is 0. The second kappa shape index (κ2) is 9.23. The van der Waals surface area contributed by atoms with E-state index in [1.54, 1.807) is 0 Å². The Morgan fingerprint density at radius 2 is 1.65 bits per heavy atom. The molecule has 2 aliphatic rings. The van der Waals surface area contributed by atoms with Crippen molar-refractivity contribution in [3.63, 3.8) is 0 Å². The summed E-state index contributed by atoms with van der Waals surface area (Å²) in [4.78, 5) is 0. The Morgan fingerprint density at radius 3 is 2.31 bits per heavy atom. The quantitative estimate of drug-likeness (QED) is 0.583. The summed E-state index contributed by atoms with van der Waals surface area (Å²) in [6.45, 7) is 3.47. The van der Waals surface area contributed by atoms with Gasteiger partial charge in [0.2, 0.25) is 0 Å². The molecule has 1 aromatic carbocycles. The highest BCUT2D eigenvalue weighted by atomic mass is 19.2. The van der Waals surface area contributed by atoms with E-state index in [2.05, 4.69) is 6.92 Å². The van der Waals surface area contributed by atoms with E-state index < -0.39 is 17.5 Å². The number of rotatable bonds is 6. The van der Waals surface area contributed by atoms with E-state index in [1.165, 1.54) is 6.07 Å². The van der Waals surface area contributed by atoms with Crippen molar-refractivity contribution in [2.24, 2.45) is 5.92 Å². The smallest absolute Gasteiger partial charge is 0.194 e. The van der Waals surface area contributed by atoms with Crippen LogP contribution in [-0.4, -0.2) is 19.5 Å². The second-order valence-corrected chi connectivity index (χ2v) is 7.68. The lowest BCUT2D eigenvalue weighted by Gasteiger charge is -2.30. The summed E-state index contributed by atoms with van der Waals surface area (Å²) in [7, 11) is 0. The molecule has 0 spiro atoms. The van der Waals surface area contributed by atoms with E-state index in [0.29, 0.717) is 43.1 Å². The molecule has 0 unspecified atom stereocenters. The van der Waals surface area contributed by atoms with Gasteiger partial charge in [0.25, 0.3) is 0 Å². The molecule has 2 fully saturated rings. The summed E-state index contributed by atoms with van der Waals surface area (Å²) in [6.07, 6.45) is 7.61. The molecule has 1 saturated carbocycles. The first kappa shape index (κ1) is 19.7. The van der Waals surface area contributed by atoms with Crippen LogP contribution in [-0.2, 0) is 15.9 Å². The minimum Gasteiger partial charge on any atom is -0.352 e. The highest BCUT2D eigenvalue weighted by molar-refractivity contribution is 5.34. The second-order valence-electron chi connectivity index (χ2n) is 7.68. The molecule has 2 nitrogen and oxygen atoms in total. The van der Waals surface area contributed by atoms with Crippen LogP contribution < -0.4 is 0 Å². The fourth-order valence-electron chi connectivity index (χ4n) is 4.30. The molecule has 3 rings (SSSR count). The van der Waals surface area contributed by atoms with Crippen molar-refractivity contribution in [3.05, 3.63) is 34.6 Å². The first-order valence-electron chi connectivity index (χ1n) is 9.99. The van der Waals surface area contributed by atoms with Crippen LogP contribution >= 0.6 is 0 Å². The standard InChI is InChI=1S/C21H29F3O2/c1-2-6-14-12-25-18(26-13-14)10-9-16-11-17(22)20(23)21(24)19(16)15-7-4-3-5-8-15/h11,14-15,18H,2-10,12-13H2,1H3. The highest BCUT2D eigenvalue weighted by Gasteiger charge is 2.28. The number of hydrogen-bond acceptors (Lipinski definition) is 2. The molecule has 1 aliphatic carbocycles. The fraction of sp³-hybridized carbons (Fsp3) is 0.714. The maximum Gasteiger partial charge on any atom is 0.194 e. The normalized spacial score (nSPS) is 24.8. The molecular formula is C21H29F3O2. The van der Waals surface area contributed by atoms with Crippen LogP contribution in [0.4, 0.5) is 13.2 Å². The topological polar surface area (TPSA) is 18.5 Å². The summed E-state index contributed by atoms with van der Waals surface area (Å²) in [5, 5.41) is 0. The molecule has 1 heterocycles. The maximum atomic E-state index is 14.5. The van der Waals surface area contributed by atoms with E-state index in [-0.39, 0.29) is 12.2 Å². The molecule has 0 atom stereocenters. The molecule has 0 amide bonds. The Labute approximate surface area is 154 Å². The van der Waals surface area contributed by atoms with Crippen molar-refractivity contribution in [1.29, 1.82) is 0 Å². The zero-order chi connectivity index (χ0) is 18.5. The molecule has 0 N–H and O–H groups in total. The van der Waals surface area contributed by atoms with Gasteiger partial charge in [-0.2, -0.15) is 0 Å². The van der Waals surface area contributed by atoms with Crippen molar-refractivity contribution >= 4 is 0 Å². The Morgan fingerprint density at radius 1 is 0.962 bits per heavy atom. The summed E-state index contributed by atoms with van der Waals surface area (Å²) in [5.74, 6) is -3.04. The predicted octanol–water partition coefficient (Wildman–Crippen LogP) is 5.87. The van der Waals surface area contributed by atoms with Gasteiger partial charge in [-0.3, -0.25) is 0 Å². The van der Waals surface area contributed by atoms with E-state index in [1.807, 2.05) is 0 Å². The van der Waals surface area contributed by atoms with Crippen LogP contribution in [0, 0.1) is 23.4 Å². The molecule has 26 heavy (non-hydrogen) atoms. The number of ether oxygens (including phenoxy) is 2. The van der Waals surface area contributed by atoms with E-state index >= 15 is 0 Å². The summed E-state index contributed by atoms with van der Waals surface area (Å²) in [5.41, 5.74) is 0.944. The van der Waals surface area contributed by atoms with Crippen molar-refractivity contribution in [2.75, 3.05) is 13.2 Å². The lowest BCUT2D eigenvalue weighted by atomic mass is 9.81. The average molecular weight is 370 g/mol. The monoisotopic (exact) mass is 370 g/mol. The largest absolute Gasteiger partial charge is 0.352 e. The first-order chi connectivity index (χ1) is 12.6. The van der Waals surface area contributed by atoms with Crippen LogP contribution in [0.15, 0.2) is 6.07 Å². The lowest BCUT2D eigenvalue weighted by molar-refractivity contribution is -0.203. The summed E-state index contributed by atoms with van der Waals surface area (Å²) >= 11 is 0. The van der Waals surface area contributed by atoms with Gasteiger partial charge >= 0.3 is 0 Å². The van der Waals surface area contributed by atoms with Gasteiger partial charge < -0.3 is 9.47 Å². The van der Waals surface area contributed by atoms with E-state index in [0.717, 1.165) is 44.9 Å². The first-order valence-corrected chi connectivity index (χ1v) is 9.99. The number of halogens is 3. The molecule has 0 bridgehead atoms. The van der Waals surface area contributed by atoms with Gasteiger partial charge in [0.1, 0.15) is 0 Å². The average Bonchev–Trinajstić information content (AvgIpc) is 2.66. The molecule has 1 aromatic rings. The third-order valence-electron chi connectivity index (χ3n) is 5.68. The third-order valence-corrected chi connectivity index (χ3v) is 5.68. The molecule has 146 valence electrons. The minimum atomic E-state index is -1.35. The van der Waals surface area contributed by atoms with Gasteiger partial charge in [-0.15, -0.1) is 0 Å². The fourth-order valence-corrected chi connectivity index (χ4v) is 4.30. The molecule has 0 aromatic heterocycles. The minimum absolute atomic E-state index is 0.0176. The number of benzene rings is 1. The van der Waals surface area contributed by atoms with Crippen LogP contribution in [0.2, 0.25) is 0 Å². The van der Waals surface area contributed by atoms with Crippen molar-refractivity contribution in [2.45, 2.75) is 76.9 Å². The molecule has 5 heteroatoms. The molecular weight excluding hydrogens is 341 g/mol. The highest BCUT2D eigenvalue weighted by Crippen LogP contribution is 2.38.